The average Bonchev–Trinajstić information content (AvgIpc) is 2.50. The van der Waals surface area contributed by atoms with Gasteiger partial charge in [0.1, 0.15) is 5.82 Å². The molecular formula is C17H20FN3. The first-order valence-electron chi connectivity index (χ1n) is 7.34. The Kier molecular flexibility index (Phi) is 4.27. The van der Waals surface area contributed by atoms with Crippen molar-refractivity contribution in [2.24, 2.45) is 0 Å². The largest absolute Gasteiger partial charge is 0.314 e. The number of piperazine rings is 1. The zero-order chi connectivity index (χ0) is 14.7. The minimum atomic E-state index is -0.171. The van der Waals surface area contributed by atoms with Crippen LogP contribution in [-0.2, 0) is 6.54 Å². The van der Waals surface area contributed by atoms with Crippen LogP contribution in [0.2, 0.25) is 0 Å². The molecule has 110 valence electrons. The van der Waals surface area contributed by atoms with Gasteiger partial charge in [-0.15, -0.1) is 0 Å². The van der Waals surface area contributed by atoms with E-state index in [0.717, 1.165) is 37.4 Å². The second-order valence-electron chi connectivity index (χ2n) is 5.55. The summed E-state index contributed by atoms with van der Waals surface area (Å²) < 4.78 is 13.5. The fourth-order valence-electron chi connectivity index (χ4n) is 2.80. The van der Waals surface area contributed by atoms with Gasteiger partial charge in [-0.3, -0.25) is 9.88 Å². The van der Waals surface area contributed by atoms with Crippen molar-refractivity contribution in [2.75, 3.05) is 19.6 Å². The van der Waals surface area contributed by atoms with Crippen LogP contribution in [0.15, 0.2) is 42.6 Å². The van der Waals surface area contributed by atoms with Gasteiger partial charge in [0.05, 0.1) is 0 Å². The van der Waals surface area contributed by atoms with Gasteiger partial charge in [0.25, 0.3) is 0 Å². The number of aryl methyl sites for hydroxylation is 1. The zero-order valence-corrected chi connectivity index (χ0v) is 12.2. The van der Waals surface area contributed by atoms with Crippen LogP contribution in [0.5, 0.6) is 0 Å². The lowest BCUT2D eigenvalue weighted by molar-refractivity contribution is 0.153. The third-order valence-electron chi connectivity index (χ3n) is 3.95. The summed E-state index contributed by atoms with van der Waals surface area (Å²) in [6.07, 6.45) is 1.93. The zero-order valence-electron chi connectivity index (χ0n) is 12.2. The van der Waals surface area contributed by atoms with Crippen molar-refractivity contribution in [3.8, 4) is 0 Å². The first-order valence-corrected chi connectivity index (χ1v) is 7.34. The lowest BCUT2D eigenvalue weighted by Gasteiger charge is -2.36. The van der Waals surface area contributed by atoms with E-state index in [1.165, 1.54) is 11.6 Å². The molecule has 1 fully saturated rings. The van der Waals surface area contributed by atoms with Crippen LogP contribution in [0, 0.1) is 12.7 Å². The SMILES string of the molecule is Cc1ccc(CN2CCNCC2c2cccc(F)c2)cn1. The van der Waals surface area contributed by atoms with Crippen LogP contribution < -0.4 is 5.32 Å². The van der Waals surface area contributed by atoms with E-state index in [0.29, 0.717) is 0 Å². The molecule has 1 aliphatic heterocycles. The van der Waals surface area contributed by atoms with Crippen molar-refractivity contribution in [3.63, 3.8) is 0 Å². The summed E-state index contributed by atoms with van der Waals surface area (Å²) in [5, 5.41) is 3.40. The molecule has 0 bridgehead atoms. The molecule has 1 N–H and O–H groups in total. The molecule has 1 aliphatic rings. The van der Waals surface area contributed by atoms with E-state index in [1.807, 2.05) is 25.3 Å². The van der Waals surface area contributed by atoms with Gasteiger partial charge in [0, 0.05) is 44.1 Å². The number of hydrogen-bond donors (Lipinski definition) is 1. The number of hydrogen-bond acceptors (Lipinski definition) is 3. The van der Waals surface area contributed by atoms with Crippen molar-refractivity contribution >= 4 is 0 Å². The van der Waals surface area contributed by atoms with E-state index in [2.05, 4.69) is 21.3 Å². The van der Waals surface area contributed by atoms with Crippen LogP contribution in [-0.4, -0.2) is 29.5 Å². The fraction of sp³-hybridized carbons (Fsp3) is 0.353. The number of halogens is 1. The van der Waals surface area contributed by atoms with Crippen molar-refractivity contribution in [3.05, 3.63) is 65.2 Å². The van der Waals surface area contributed by atoms with E-state index >= 15 is 0 Å². The molecule has 0 aliphatic carbocycles. The Bertz CT molecular complexity index is 597. The molecule has 4 heteroatoms. The van der Waals surface area contributed by atoms with Crippen LogP contribution in [0.1, 0.15) is 22.9 Å². The minimum absolute atomic E-state index is 0.171. The number of benzene rings is 1. The molecule has 1 aromatic heterocycles. The van der Waals surface area contributed by atoms with E-state index in [1.54, 1.807) is 12.1 Å². The number of aromatic nitrogens is 1. The first kappa shape index (κ1) is 14.2. The highest BCUT2D eigenvalue weighted by Gasteiger charge is 2.24. The van der Waals surface area contributed by atoms with E-state index in [9.17, 15) is 4.39 Å². The molecule has 1 atom stereocenters. The summed E-state index contributed by atoms with van der Waals surface area (Å²) >= 11 is 0. The Hall–Kier alpha value is -1.78. The lowest BCUT2D eigenvalue weighted by Crippen LogP contribution is -2.45. The molecule has 3 rings (SSSR count). The standard InChI is InChI=1S/C17H20FN3/c1-13-5-6-14(10-20-13)12-21-8-7-19-11-17(21)15-3-2-4-16(18)9-15/h2-6,9-10,17,19H,7-8,11-12H2,1H3. The summed E-state index contributed by atoms with van der Waals surface area (Å²) in [5.41, 5.74) is 3.26. The molecule has 1 saturated heterocycles. The molecule has 0 saturated carbocycles. The number of pyridine rings is 1. The van der Waals surface area contributed by atoms with Crippen LogP contribution in [0.4, 0.5) is 4.39 Å². The summed E-state index contributed by atoms with van der Waals surface area (Å²) in [6.45, 7) is 5.60. The number of nitrogens with one attached hydrogen (secondary N) is 1. The topological polar surface area (TPSA) is 28.2 Å². The summed E-state index contributed by atoms with van der Waals surface area (Å²) in [5.74, 6) is -0.171. The maximum atomic E-state index is 13.5. The maximum Gasteiger partial charge on any atom is 0.123 e. The highest BCUT2D eigenvalue weighted by atomic mass is 19.1. The van der Waals surface area contributed by atoms with Crippen molar-refractivity contribution in [2.45, 2.75) is 19.5 Å². The third-order valence-corrected chi connectivity index (χ3v) is 3.95. The first-order chi connectivity index (χ1) is 10.2. The van der Waals surface area contributed by atoms with E-state index < -0.39 is 0 Å². The molecule has 1 unspecified atom stereocenters. The smallest absolute Gasteiger partial charge is 0.123 e. The Morgan fingerprint density at radius 2 is 2.24 bits per heavy atom. The molecule has 2 aromatic rings. The van der Waals surface area contributed by atoms with Crippen LogP contribution in [0.3, 0.4) is 0 Å². The number of nitrogens with zero attached hydrogens (tertiary/aromatic N) is 2. The quantitative estimate of drug-likeness (QED) is 0.940. The van der Waals surface area contributed by atoms with Gasteiger partial charge >= 0.3 is 0 Å². The van der Waals surface area contributed by atoms with Crippen LogP contribution >= 0.6 is 0 Å². The van der Waals surface area contributed by atoms with Crippen LogP contribution in [0.25, 0.3) is 0 Å². The van der Waals surface area contributed by atoms with Gasteiger partial charge in [-0.1, -0.05) is 18.2 Å². The molecule has 0 spiro atoms. The monoisotopic (exact) mass is 285 g/mol. The summed E-state index contributed by atoms with van der Waals surface area (Å²) in [4.78, 5) is 6.74. The van der Waals surface area contributed by atoms with Gasteiger partial charge in [0.2, 0.25) is 0 Å². The lowest BCUT2D eigenvalue weighted by atomic mass is 10.0. The minimum Gasteiger partial charge on any atom is -0.314 e. The van der Waals surface area contributed by atoms with Gasteiger partial charge in [-0.05, 0) is 36.2 Å². The second-order valence-corrected chi connectivity index (χ2v) is 5.55. The van der Waals surface area contributed by atoms with Gasteiger partial charge < -0.3 is 5.32 Å². The second kappa shape index (κ2) is 6.33. The predicted octanol–water partition coefficient (Wildman–Crippen LogP) is 2.68. The average molecular weight is 285 g/mol. The fourth-order valence-corrected chi connectivity index (χ4v) is 2.80. The normalized spacial score (nSPS) is 19.6. The van der Waals surface area contributed by atoms with Gasteiger partial charge in [-0.25, -0.2) is 4.39 Å². The molecule has 21 heavy (non-hydrogen) atoms. The molecule has 2 heterocycles. The summed E-state index contributed by atoms with van der Waals surface area (Å²) in [7, 11) is 0. The Labute approximate surface area is 124 Å². The highest BCUT2D eigenvalue weighted by molar-refractivity contribution is 5.22. The Morgan fingerprint density at radius 1 is 1.33 bits per heavy atom. The number of rotatable bonds is 3. The third kappa shape index (κ3) is 3.46. The molecule has 0 amide bonds. The van der Waals surface area contributed by atoms with Crippen molar-refractivity contribution in [1.82, 2.24) is 15.2 Å². The molecular weight excluding hydrogens is 265 g/mol. The highest BCUT2D eigenvalue weighted by Crippen LogP contribution is 2.24. The van der Waals surface area contributed by atoms with E-state index in [4.69, 9.17) is 0 Å². The molecule has 0 radical (unpaired) electrons. The Balaban J connectivity index is 1.79. The predicted molar refractivity (Wildman–Crippen MR) is 81.4 cm³/mol. The van der Waals surface area contributed by atoms with Crippen molar-refractivity contribution < 1.29 is 4.39 Å². The Morgan fingerprint density at radius 3 is 3.00 bits per heavy atom. The molecule has 3 nitrogen and oxygen atoms in total. The molecule has 1 aromatic carbocycles. The van der Waals surface area contributed by atoms with Crippen molar-refractivity contribution in [1.29, 1.82) is 0 Å². The summed E-state index contributed by atoms with van der Waals surface area (Å²) in [6, 6.07) is 11.3. The van der Waals surface area contributed by atoms with Gasteiger partial charge in [-0.2, -0.15) is 0 Å². The van der Waals surface area contributed by atoms with E-state index in [-0.39, 0.29) is 11.9 Å². The van der Waals surface area contributed by atoms with Gasteiger partial charge in [0.15, 0.2) is 0 Å². The maximum absolute atomic E-state index is 13.5.